The molecule has 0 nitrogen and oxygen atoms in total. The van der Waals surface area contributed by atoms with Crippen LogP contribution in [0.4, 0.5) is 0 Å². The van der Waals surface area contributed by atoms with Crippen molar-refractivity contribution >= 4 is 23.2 Å². The SMILES string of the molecule is CCCC[C@@H](Cl)[C@H](Cl)CC. The molecule has 0 aliphatic heterocycles. The first-order valence-electron chi connectivity index (χ1n) is 4.00. The maximum Gasteiger partial charge on any atom is 0.0499 e. The largest absolute Gasteiger partial charge is 0.121 e. The monoisotopic (exact) mass is 182 g/mol. The van der Waals surface area contributed by atoms with Crippen LogP contribution in [0.3, 0.4) is 0 Å². The van der Waals surface area contributed by atoms with Crippen LogP contribution in [0, 0.1) is 0 Å². The van der Waals surface area contributed by atoms with Crippen LogP contribution in [0.2, 0.25) is 0 Å². The van der Waals surface area contributed by atoms with Gasteiger partial charge in [0.1, 0.15) is 0 Å². The summed E-state index contributed by atoms with van der Waals surface area (Å²) in [6.45, 7) is 4.23. The molecule has 62 valence electrons. The van der Waals surface area contributed by atoms with Crippen molar-refractivity contribution in [2.75, 3.05) is 0 Å². The average Bonchev–Trinajstić information content (AvgIpc) is 1.98. The van der Waals surface area contributed by atoms with Gasteiger partial charge in [-0.05, 0) is 12.8 Å². The lowest BCUT2D eigenvalue weighted by Gasteiger charge is -2.12. The minimum atomic E-state index is 0.160. The van der Waals surface area contributed by atoms with Crippen molar-refractivity contribution in [3.05, 3.63) is 0 Å². The van der Waals surface area contributed by atoms with Crippen LogP contribution in [-0.2, 0) is 0 Å². The first-order valence-corrected chi connectivity index (χ1v) is 4.87. The molecule has 0 N–H and O–H groups in total. The van der Waals surface area contributed by atoms with Crippen LogP contribution in [0.25, 0.3) is 0 Å². The number of unbranched alkanes of at least 4 members (excludes halogenated alkanes) is 1. The second-order valence-electron chi connectivity index (χ2n) is 2.58. The lowest BCUT2D eigenvalue weighted by molar-refractivity contribution is 0.638. The van der Waals surface area contributed by atoms with Crippen LogP contribution in [0.15, 0.2) is 0 Å². The molecule has 10 heavy (non-hydrogen) atoms. The normalized spacial score (nSPS) is 16.8. The molecule has 0 unspecified atom stereocenters. The van der Waals surface area contributed by atoms with Crippen LogP contribution in [0.1, 0.15) is 39.5 Å². The summed E-state index contributed by atoms with van der Waals surface area (Å²) in [5, 5.41) is 0.333. The third-order valence-corrected chi connectivity index (χ3v) is 2.88. The Balaban J connectivity index is 3.31. The molecule has 0 bridgehead atoms. The van der Waals surface area contributed by atoms with Gasteiger partial charge in [0.15, 0.2) is 0 Å². The summed E-state index contributed by atoms with van der Waals surface area (Å²) in [5.74, 6) is 0. The van der Waals surface area contributed by atoms with E-state index in [2.05, 4.69) is 13.8 Å². The highest BCUT2D eigenvalue weighted by molar-refractivity contribution is 6.29. The van der Waals surface area contributed by atoms with Crippen molar-refractivity contribution in [1.29, 1.82) is 0 Å². The quantitative estimate of drug-likeness (QED) is 0.568. The van der Waals surface area contributed by atoms with Crippen LogP contribution >= 0.6 is 23.2 Å². The molecule has 0 saturated heterocycles. The standard InChI is InChI=1S/C8H16Cl2/c1-3-5-6-8(10)7(9)4-2/h7-8H,3-6H2,1-2H3/t7-,8-/m1/s1. The Morgan fingerprint density at radius 2 is 1.70 bits per heavy atom. The Bertz CT molecular complexity index is 73.7. The summed E-state index contributed by atoms with van der Waals surface area (Å²) in [6.07, 6.45) is 4.42. The highest BCUT2D eigenvalue weighted by Gasteiger charge is 2.12. The summed E-state index contributed by atoms with van der Waals surface area (Å²) in [6, 6.07) is 0. The number of halogens is 2. The first-order chi connectivity index (χ1) is 4.72. The number of alkyl halides is 2. The molecular formula is C8H16Cl2. The van der Waals surface area contributed by atoms with E-state index in [9.17, 15) is 0 Å². The predicted octanol–water partition coefficient (Wildman–Crippen LogP) is 3.80. The molecule has 0 aromatic rings. The van der Waals surface area contributed by atoms with Gasteiger partial charge in [-0.2, -0.15) is 0 Å². The predicted molar refractivity (Wildman–Crippen MR) is 49.1 cm³/mol. The molecule has 0 aliphatic rings. The third kappa shape index (κ3) is 4.40. The van der Waals surface area contributed by atoms with Gasteiger partial charge in [-0.25, -0.2) is 0 Å². The molecule has 0 rings (SSSR count). The van der Waals surface area contributed by atoms with E-state index in [0.717, 1.165) is 12.8 Å². The van der Waals surface area contributed by atoms with Gasteiger partial charge in [-0.1, -0.05) is 26.7 Å². The fraction of sp³-hybridized carbons (Fsp3) is 1.00. The Morgan fingerprint density at radius 1 is 1.10 bits per heavy atom. The van der Waals surface area contributed by atoms with Gasteiger partial charge in [0, 0.05) is 10.8 Å². The maximum absolute atomic E-state index is 5.98. The molecule has 0 fully saturated rings. The molecule has 0 aliphatic carbocycles. The van der Waals surface area contributed by atoms with E-state index in [-0.39, 0.29) is 10.8 Å². The highest BCUT2D eigenvalue weighted by atomic mass is 35.5. The smallest absolute Gasteiger partial charge is 0.0499 e. The summed E-state index contributed by atoms with van der Waals surface area (Å²) >= 11 is 11.9. The molecule has 0 aromatic carbocycles. The maximum atomic E-state index is 5.98. The summed E-state index contributed by atoms with van der Waals surface area (Å²) in [5.41, 5.74) is 0. The second-order valence-corrected chi connectivity index (χ2v) is 3.70. The van der Waals surface area contributed by atoms with Crippen molar-refractivity contribution in [2.24, 2.45) is 0 Å². The van der Waals surface area contributed by atoms with E-state index in [1.807, 2.05) is 0 Å². The molecule has 0 saturated carbocycles. The number of hydrogen-bond acceptors (Lipinski definition) is 0. The second kappa shape index (κ2) is 6.30. The van der Waals surface area contributed by atoms with Crippen molar-refractivity contribution in [1.82, 2.24) is 0 Å². The van der Waals surface area contributed by atoms with Crippen LogP contribution < -0.4 is 0 Å². The van der Waals surface area contributed by atoms with Crippen LogP contribution in [0.5, 0.6) is 0 Å². The zero-order chi connectivity index (χ0) is 7.98. The van der Waals surface area contributed by atoms with Crippen molar-refractivity contribution < 1.29 is 0 Å². The van der Waals surface area contributed by atoms with Crippen molar-refractivity contribution in [3.8, 4) is 0 Å². The lowest BCUT2D eigenvalue weighted by atomic mass is 10.1. The summed E-state index contributed by atoms with van der Waals surface area (Å²) in [7, 11) is 0. The molecule has 0 radical (unpaired) electrons. The lowest BCUT2D eigenvalue weighted by Crippen LogP contribution is -2.13. The third-order valence-electron chi connectivity index (χ3n) is 1.62. The molecule has 2 atom stereocenters. The minimum absolute atomic E-state index is 0.160. The van der Waals surface area contributed by atoms with Gasteiger partial charge in [0.25, 0.3) is 0 Å². The van der Waals surface area contributed by atoms with Crippen LogP contribution in [-0.4, -0.2) is 10.8 Å². The van der Waals surface area contributed by atoms with Crippen molar-refractivity contribution in [3.63, 3.8) is 0 Å². The van der Waals surface area contributed by atoms with E-state index in [4.69, 9.17) is 23.2 Å². The van der Waals surface area contributed by atoms with Gasteiger partial charge in [0.2, 0.25) is 0 Å². The number of hydrogen-bond donors (Lipinski definition) is 0. The van der Waals surface area contributed by atoms with Crippen molar-refractivity contribution in [2.45, 2.75) is 50.3 Å². The zero-order valence-electron chi connectivity index (χ0n) is 6.74. The average molecular weight is 183 g/mol. The van der Waals surface area contributed by atoms with E-state index in [1.165, 1.54) is 12.8 Å². The Morgan fingerprint density at radius 3 is 2.10 bits per heavy atom. The van der Waals surface area contributed by atoms with Gasteiger partial charge in [-0.15, -0.1) is 23.2 Å². The molecule has 0 aromatic heterocycles. The Hall–Kier alpha value is 0.580. The molecule has 0 spiro atoms. The number of rotatable bonds is 5. The Labute approximate surface area is 73.9 Å². The summed E-state index contributed by atoms with van der Waals surface area (Å²) in [4.78, 5) is 0. The fourth-order valence-corrected chi connectivity index (χ4v) is 1.29. The van der Waals surface area contributed by atoms with E-state index in [1.54, 1.807) is 0 Å². The molecule has 0 heterocycles. The van der Waals surface area contributed by atoms with E-state index < -0.39 is 0 Å². The molecular weight excluding hydrogens is 167 g/mol. The Kier molecular flexibility index (Phi) is 6.67. The summed E-state index contributed by atoms with van der Waals surface area (Å²) < 4.78 is 0. The zero-order valence-corrected chi connectivity index (χ0v) is 8.25. The molecule has 0 amide bonds. The van der Waals surface area contributed by atoms with Gasteiger partial charge < -0.3 is 0 Å². The highest BCUT2D eigenvalue weighted by Crippen LogP contribution is 2.18. The van der Waals surface area contributed by atoms with E-state index >= 15 is 0 Å². The minimum Gasteiger partial charge on any atom is -0.121 e. The van der Waals surface area contributed by atoms with E-state index in [0.29, 0.717) is 0 Å². The van der Waals surface area contributed by atoms with Gasteiger partial charge in [0.05, 0.1) is 0 Å². The molecule has 2 heteroatoms. The first kappa shape index (κ1) is 10.6. The van der Waals surface area contributed by atoms with Gasteiger partial charge >= 0.3 is 0 Å². The topological polar surface area (TPSA) is 0 Å². The fourth-order valence-electron chi connectivity index (χ4n) is 0.836. The van der Waals surface area contributed by atoms with Gasteiger partial charge in [-0.3, -0.25) is 0 Å².